The van der Waals surface area contributed by atoms with Crippen LogP contribution in [0, 0.1) is 0 Å². The molecule has 3 rings (SSSR count). The van der Waals surface area contributed by atoms with E-state index < -0.39 is 0 Å². The average Bonchev–Trinajstić information content (AvgIpc) is 3.08. The maximum Gasteiger partial charge on any atom is 0.188 e. The number of hydrogen-bond donors (Lipinski definition) is 2. The van der Waals surface area contributed by atoms with Crippen molar-refractivity contribution < 1.29 is 9.47 Å². The lowest BCUT2D eigenvalue weighted by atomic mass is 9.79. The third-order valence-electron chi connectivity index (χ3n) is 4.84. The van der Waals surface area contributed by atoms with Gasteiger partial charge in [-0.1, -0.05) is 31.1 Å². The van der Waals surface area contributed by atoms with Gasteiger partial charge in [-0.2, -0.15) is 0 Å². The molecule has 0 bridgehead atoms. The summed E-state index contributed by atoms with van der Waals surface area (Å²) in [4.78, 5) is 4.61. The van der Waals surface area contributed by atoms with Gasteiger partial charge in [-0.3, -0.25) is 4.99 Å². The summed E-state index contributed by atoms with van der Waals surface area (Å²) in [5.74, 6) is 2.17. The molecule has 130 valence electrons. The van der Waals surface area contributed by atoms with Gasteiger partial charge in [-0.05, 0) is 37.5 Å². The second-order valence-corrected chi connectivity index (χ2v) is 6.86. The molecular formula is C19H27N3O2. The normalized spacial score (nSPS) is 19.1. The molecule has 1 aromatic carbocycles. The van der Waals surface area contributed by atoms with Crippen molar-refractivity contribution in [3.8, 4) is 11.5 Å². The lowest BCUT2D eigenvalue weighted by molar-refractivity contribution is 0.171. The van der Waals surface area contributed by atoms with E-state index in [4.69, 9.17) is 15.2 Å². The highest BCUT2D eigenvalue weighted by molar-refractivity contribution is 5.78. The van der Waals surface area contributed by atoms with Gasteiger partial charge < -0.3 is 20.5 Å². The lowest BCUT2D eigenvalue weighted by Gasteiger charge is -2.29. The third kappa shape index (κ3) is 3.66. The molecule has 5 nitrogen and oxygen atoms in total. The monoisotopic (exact) mass is 329 g/mol. The van der Waals surface area contributed by atoms with Crippen molar-refractivity contribution in [2.45, 2.75) is 38.0 Å². The molecule has 0 radical (unpaired) electrons. The standard InChI is InChI=1S/C19H27N3O2/c1-14(2)12-21-18(20)22-13-19(7-3-4-8-19)15-5-6-16-17(11-15)24-10-9-23-16/h5-6,11H,1,3-4,7-10,12-13H2,2H3,(H3,20,21,22). The average molecular weight is 329 g/mol. The number of guanidine groups is 1. The molecule has 1 heterocycles. The number of hydrogen-bond acceptors (Lipinski definition) is 3. The van der Waals surface area contributed by atoms with Crippen LogP contribution in [0.15, 0.2) is 35.3 Å². The molecule has 0 spiro atoms. The van der Waals surface area contributed by atoms with Crippen LogP contribution in [0.2, 0.25) is 0 Å². The number of nitrogens with one attached hydrogen (secondary N) is 1. The van der Waals surface area contributed by atoms with Crippen molar-refractivity contribution in [3.05, 3.63) is 35.9 Å². The number of rotatable bonds is 5. The minimum Gasteiger partial charge on any atom is -0.486 e. The Kier molecular flexibility index (Phi) is 4.97. The van der Waals surface area contributed by atoms with Gasteiger partial charge >= 0.3 is 0 Å². The largest absolute Gasteiger partial charge is 0.486 e. The first kappa shape index (κ1) is 16.7. The summed E-state index contributed by atoms with van der Waals surface area (Å²) in [5.41, 5.74) is 8.36. The number of nitrogens with zero attached hydrogens (tertiary/aromatic N) is 1. The first-order valence-electron chi connectivity index (χ1n) is 8.67. The Labute approximate surface area is 143 Å². The van der Waals surface area contributed by atoms with Crippen molar-refractivity contribution >= 4 is 5.96 Å². The zero-order valence-corrected chi connectivity index (χ0v) is 14.4. The number of ether oxygens (including phenoxy) is 2. The van der Waals surface area contributed by atoms with E-state index in [2.05, 4.69) is 29.0 Å². The minimum atomic E-state index is 0.0470. The van der Waals surface area contributed by atoms with Crippen LogP contribution in [0.5, 0.6) is 11.5 Å². The van der Waals surface area contributed by atoms with Crippen LogP contribution in [0.1, 0.15) is 38.2 Å². The van der Waals surface area contributed by atoms with Crippen molar-refractivity contribution in [2.24, 2.45) is 10.7 Å². The van der Waals surface area contributed by atoms with Gasteiger partial charge in [-0.25, -0.2) is 0 Å². The van der Waals surface area contributed by atoms with Gasteiger partial charge in [0.2, 0.25) is 0 Å². The summed E-state index contributed by atoms with van der Waals surface area (Å²) in [6.07, 6.45) is 4.71. The predicted octanol–water partition coefficient (Wildman–Crippen LogP) is 2.75. The molecule has 1 fully saturated rings. The summed E-state index contributed by atoms with van der Waals surface area (Å²) < 4.78 is 11.4. The zero-order chi connectivity index (χ0) is 17.0. The van der Waals surface area contributed by atoms with Gasteiger partial charge in [0.05, 0.1) is 6.54 Å². The highest BCUT2D eigenvalue weighted by Gasteiger charge is 2.36. The summed E-state index contributed by atoms with van der Waals surface area (Å²) in [6.45, 7) is 8.42. The van der Waals surface area contributed by atoms with Crippen LogP contribution in [0.4, 0.5) is 0 Å². The van der Waals surface area contributed by atoms with E-state index in [0.29, 0.717) is 32.3 Å². The molecule has 2 aliphatic rings. The van der Waals surface area contributed by atoms with E-state index >= 15 is 0 Å². The number of benzene rings is 1. The van der Waals surface area contributed by atoms with Gasteiger partial charge in [-0.15, -0.1) is 0 Å². The predicted molar refractivity (Wildman–Crippen MR) is 96.9 cm³/mol. The van der Waals surface area contributed by atoms with E-state index in [-0.39, 0.29) is 5.41 Å². The fraction of sp³-hybridized carbons (Fsp3) is 0.526. The summed E-state index contributed by atoms with van der Waals surface area (Å²) >= 11 is 0. The second-order valence-electron chi connectivity index (χ2n) is 6.86. The Morgan fingerprint density at radius 2 is 1.96 bits per heavy atom. The van der Waals surface area contributed by atoms with Crippen LogP contribution in [0.25, 0.3) is 0 Å². The molecule has 1 aromatic rings. The molecule has 0 aromatic heterocycles. The number of fused-ring (bicyclic) bond motifs is 1. The Morgan fingerprint density at radius 3 is 2.67 bits per heavy atom. The van der Waals surface area contributed by atoms with E-state index in [9.17, 15) is 0 Å². The van der Waals surface area contributed by atoms with Gasteiger partial charge in [0.15, 0.2) is 17.5 Å². The van der Waals surface area contributed by atoms with Crippen LogP contribution in [-0.2, 0) is 5.41 Å². The molecule has 24 heavy (non-hydrogen) atoms. The Balaban J connectivity index is 1.78. The van der Waals surface area contributed by atoms with Crippen LogP contribution in [0.3, 0.4) is 0 Å². The van der Waals surface area contributed by atoms with Gasteiger partial charge in [0.25, 0.3) is 0 Å². The number of aliphatic imine (C=N–C) groups is 1. The SMILES string of the molecule is C=C(C)CNC(N)=NCC1(c2ccc3c(c2)OCCO3)CCCC1. The topological polar surface area (TPSA) is 68.9 Å². The van der Waals surface area contributed by atoms with Gasteiger partial charge in [0, 0.05) is 12.0 Å². The van der Waals surface area contributed by atoms with Crippen molar-refractivity contribution in [2.75, 3.05) is 26.3 Å². The number of nitrogens with two attached hydrogens (primary N) is 1. The maximum absolute atomic E-state index is 6.00. The highest BCUT2D eigenvalue weighted by atomic mass is 16.6. The van der Waals surface area contributed by atoms with E-state index in [1.165, 1.54) is 18.4 Å². The molecule has 5 heteroatoms. The third-order valence-corrected chi connectivity index (χ3v) is 4.84. The summed E-state index contributed by atoms with van der Waals surface area (Å²) in [5, 5.41) is 3.11. The quantitative estimate of drug-likeness (QED) is 0.495. The molecule has 1 saturated carbocycles. The molecule has 0 atom stereocenters. The fourth-order valence-electron chi connectivity index (χ4n) is 3.50. The molecule has 0 amide bonds. The maximum atomic E-state index is 6.00. The summed E-state index contributed by atoms with van der Waals surface area (Å²) in [6, 6.07) is 6.31. The first-order chi connectivity index (χ1) is 11.6. The molecular weight excluding hydrogens is 302 g/mol. The van der Waals surface area contributed by atoms with Gasteiger partial charge in [0.1, 0.15) is 13.2 Å². The van der Waals surface area contributed by atoms with E-state index in [1.807, 2.05) is 13.0 Å². The molecule has 3 N–H and O–H groups in total. The molecule has 1 aliphatic heterocycles. The second kappa shape index (κ2) is 7.16. The Bertz CT molecular complexity index is 633. The first-order valence-corrected chi connectivity index (χ1v) is 8.67. The van der Waals surface area contributed by atoms with Crippen LogP contribution < -0.4 is 20.5 Å². The molecule has 1 aliphatic carbocycles. The van der Waals surface area contributed by atoms with Crippen LogP contribution in [-0.4, -0.2) is 32.3 Å². The molecule has 0 saturated heterocycles. The Hall–Kier alpha value is -2.17. The lowest BCUT2D eigenvalue weighted by Crippen LogP contribution is -2.35. The van der Waals surface area contributed by atoms with Crippen molar-refractivity contribution in [3.63, 3.8) is 0 Å². The Morgan fingerprint density at radius 1 is 1.25 bits per heavy atom. The fourth-order valence-corrected chi connectivity index (χ4v) is 3.50. The van der Waals surface area contributed by atoms with E-state index in [0.717, 1.165) is 29.9 Å². The van der Waals surface area contributed by atoms with Crippen LogP contribution >= 0.6 is 0 Å². The van der Waals surface area contributed by atoms with Crippen molar-refractivity contribution in [1.82, 2.24) is 5.32 Å². The highest BCUT2D eigenvalue weighted by Crippen LogP contribution is 2.44. The van der Waals surface area contributed by atoms with Crippen molar-refractivity contribution in [1.29, 1.82) is 0 Å². The zero-order valence-electron chi connectivity index (χ0n) is 14.4. The minimum absolute atomic E-state index is 0.0470. The smallest absolute Gasteiger partial charge is 0.188 e. The van der Waals surface area contributed by atoms with E-state index in [1.54, 1.807) is 0 Å². The molecule has 0 unspecified atom stereocenters. The summed E-state index contributed by atoms with van der Waals surface area (Å²) in [7, 11) is 0.